The fourth-order valence-electron chi connectivity index (χ4n) is 18.0. The Morgan fingerprint density at radius 3 is 1.04 bits per heavy atom. The fraction of sp³-hybridized carbons (Fsp3) is 0.0816. The molecule has 2 aliphatic heterocycles. The molecule has 3 heterocycles. The minimum absolute atomic E-state index is 0.0603. The maximum absolute atomic E-state index is 2.77. The predicted molar refractivity (Wildman–Crippen MR) is 435 cm³/mol. The summed E-state index contributed by atoms with van der Waals surface area (Å²) in [6.07, 6.45) is 0. The van der Waals surface area contributed by atoms with E-state index in [1.165, 1.54) is 159 Å². The summed E-state index contributed by atoms with van der Waals surface area (Å²) in [5.74, 6) is 0. The number of rotatable bonds is 7. The van der Waals surface area contributed by atoms with E-state index in [4.69, 9.17) is 0 Å². The summed E-state index contributed by atoms with van der Waals surface area (Å²) in [6.45, 7) is 13.9. The predicted octanol–water partition coefficient (Wildman–Crippen LogP) is 24.9. The summed E-state index contributed by atoms with van der Waals surface area (Å²) in [5, 5.41) is 17.8. The van der Waals surface area contributed by atoms with Crippen LogP contribution in [0.1, 0.15) is 52.7 Å². The molecule has 18 aromatic rings. The lowest BCUT2D eigenvalue weighted by atomic mass is 9.33. The fourth-order valence-corrected chi connectivity index (χ4v) is 18.0. The van der Waals surface area contributed by atoms with E-state index in [0.717, 1.165) is 44.8 Å². The molecule has 476 valence electrons. The Morgan fingerprint density at radius 1 is 0.248 bits per heavy atom. The Bertz CT molecular complexity index is 6340. The molecular weight excluding hydrogens is 1220 g/mol. The summed E-state index contributed by atoms with van der Waals surface area (Å²) in [6, 6.07) is 123. The van der Waals surface area contributed by atoms with Crippen molar-refractivity contribution in [2.75, 3.05) is 4.90 Å². The summed E-state index contributed by atoms with van der Waals surface area (Å²) in [5.41, 5.74) is 27.4. The second-order valence-corrected chi connectivity index (χ2v) is 30.1. The maximum atomic E-state index is 2.77. The Hall–Kier alpha value is -12.0. The molecule has 20 rings (SSSR count). The summed E-state index contributed by atoms with van der Waals surface area (Å²) >= 11 is 0. The van der Waals surface area contributed by atoms with Gasteiger partial charge >= 0.3 is 0 Å². The van der Waals surface area contributed by atoms with Gasteiger partial charge in [-0.15, -0.1) is 0 Å². The van der Waals surface area contributed by atoms with Crippen molar-refractivity contribution in [3.63, 3.8) is 0 Å². The zero-order valence-corrected chi connectivity index (χ0v) is 57.6. The summed E-state index contributed by atoms with van der Waals surface area (Å²) < 4.78 is 2.77. The highest BCUT2D eigenvalue weighted by atomic mass is 15.2. The van der Waals surface area contributed by atoms with Crippen LogP contribution in [-0.2, 0) is 10.8 Å². The average Bonchev–Trinajstić information content (AvgIpc) is 1.53. The zero-order chi connectivity index (χ0) is 67.6. The van der Waals surface area contributed by atoms with E-state index in [1.54, 1.807) is 0 Å². The largest absolute Gasteiger partial charge is 0.311 e. The summed E-state index contributed by atoms with van der Waals surface area (Å²) in [7, 11) is 0. The average molecular weight is 1290 g/mol. The Labute approximate surface area is 589 Å². The van der Waals surface area contributed by atoms with Crippen molar-refractivity contribution in [2.45, 2.75) is 52.4 Å². The number of benzene rings is 17. The Morgan fingerprint density at radius 2 is 0.604 bits per heavy atom. The number of hydrogen-bond acceptors (Lipinski definition) is 1. The molecule has 0 saturated carbocycles. The van der Waals surface area contributed by atoms with Gasteiger partial charge in [0.2, 0.25) is 0 Å². The van der Waals surface area contributed by atoms with Crippen LogP contribution in [0.3, 0.4) is 0 Å². The van der Waals surface area contributed by atoms with E-state index in [2.05, 4.69) is 373 Å². The van der Waals surface area contributed by atoms with Crippen LogP contribution in [0.4, 0.5) is 17.1 Å². The Kier molecular flexibility index (Phi) is 13.0. The first-order valence-corrected chi connectivity index (χ1v) is 35.8. The van der Waals surface area contributed by atoms with Crippen LogP contribution < -0.4 is 21.3 Å². The molecular formula is C98H71BN2. The molecule has 0 radical (unpaired) electrons. The molecule has 1 aromatic heterocycles. The number of anilines is 3. The number of fused-ring (bicyclic) bond motifs is 21. The molecule has 0 bridgehead atoms. The van der Waals surface area contributed by atoms with E-state index in [-0.39, 0.29) is 17.5 Å². The van der Waals surface area contributed by atoms with E-state index in [1.807, 2.05) is 0 Å². The highest BCUT2D eigenvalue weighted by molar-refractivity contribution is 7.00. The van der Waals surface area contributed by atoms with Crippen LogP contribution in [0.5, 0.6) is 0 Å². The number of aromatic nitrogens is 1. The van der Waals surface area contributed by atoms with Crippen molar-refractivity contribution in [1.82, 2.24) is 4.57 Å². The molecule has 0 atom stereocenters. The molecule has 0 fully saturated rings. The van der Waals surface area contributed by atoms with E-state index in [9.17, 15) is 0 Å². The third kappa shape index (κ3) is 8.79. The minimum Gasteiger partial charge on any atom is -0.311 e. The molecule has 3 heteroatoms. The normalized spacial score (nSPS) is 12.8. The summed E-state index contributed by atoms with van der Waals surface area (Å²) in [4.78, 5) is 2.65. The molecule has 2 aliphatic rings. The van der Waals surface area contributed by atoms with Crippen LogP contribution in [-0.4, -0.2) is 11.3 Å². The van der Waals surface area contributed by atoms with Crippen LogP contribution in [0, 0.1) is 0 Å². The zero-order valence-electron chi connectivity index (χ0n) is 57.6. The van der Waals surface area contributed by atoms with Gasteiger partial charge in [-0.2, -0.15) is 0 Å². The SMILES string of the molecule is CC(C)(C)c1ccc(N2c3ccc(C(C)(C)C)cc3B3c4c2cc(-c2c(-c5ccccc5)c(-c5ccccc5)c(-c5ccccc5)c(-c5ccccc5)c2-c2ccccc2)cc4-n2c4ccc5c6ccccc6c6ccccc6c5c4c4c5c6ccccc6c6ccccc6c5cc3c42)cc1. The van der Waals surface area contributed by atoms with E-state index in [0.29, 0.717) is 0 Å². The van der Waals surface area contributed by atoms with Gasteiger partial charge in [-0.05, 0) is 195 Å². The van der Waals surface area contributed by atoms with Gasteiger partial charge < -0.3 is 9.47 Å². The molecule has 0 amide bonds. The van der Waals surface area contributed by atoms with Gasteiger partial charge in [-0.25, -0.2) is 0 Å². The monoisotopic (exact) mass is 1290 g/mol. The molecule has 101 heavy (non-hydrogen) atoms. The van der Waals surface area contributed by atoms with Crippen LogP contribution in [0.25, 0.3) is 159 Å². The molecule has 0 aliphatic carbocycles. The van der Waals surface area contributed by atoms with Gasteiger partial charge in [0.25, 0.3) is 6.71 Å². The van der Waals surface area contributed by atoms with Crippen molar-refractivity contribution in [1.29, 1.82) is 0 Å². The van der Waals surface area contributed by atoms with E-state index < -0.39 is 0 Å². The molecule has 0 spiro atoms. The lowest BCUT2D eigenvalue weighted by Gasteiger charge is -2.42. The second-order valence-electron chi connectivity index (χ2n) is 30.1. The highest BCUT2D eigenvalue weighted by Crippen LogP contribution is 2.58. The van der Waals surface area contributed by atoms with Crippen LogP contribution >= 0.6 is 0 Å². The smallest absolute Gasteiger partial charge is 0.252 e. The molecule has 0 unspecified atom stereocenters. The van der Waals surface area contributed by atoms with Crippen molar-refractivity contribution >= 4 is 127 Å². The van der Waals surface area contributed by atoms with Crippen LogP contribution in [0.15, 0.2) is 322 Å². The first-order valence-electron chi connectivity index (χ1n) is 35.8. The van der Waals surface area contributed by atoms with E-state index >= 15 is 0 Å². The van der Waals surface area contributed by atoms with Crippen molar-refractivity contribution in [2.24, 2.45) is 0 Å². The standard InChI is InChI=1S/C98H71BN2/c1-97(2,3)66-48-51-68(52-49-66)100-81-54-50-67(98(4,5)6)58-79(81)99-80-59-78-74-45-25-23-41-70(74)72-43-27-29-47-76(72)92(78)94-93-82(55-53-77-73-44-24-22-40-69(73)71-42-26-28-46-75(71)91(77)93)101(96(80)94)84-57-65(56-83(100)95(84)99)90-88(63-36-18-10-19-37-63)86(61-32-14-8-15-33-61)85(60-30-12-7-13-31-60)87(62-34-16-9-17-35-62)89(90)64-38-20-11-21-39-64/h7-59H,1-6H3. The quantitative estimate of drug-likeness (QED) is 0.114. The third-order valence-corrected chi connectivity index (χ3v) is 22.4. The van der Waals surface area contributed by atoms with Crippen molar-refractivity contribution in [3.8, 4) is 72.4 Å². The lowest BCUT2D eigenvalue weighted by Crippen LogP contribution is -2.60. The van der Waals surface area contributed by atoms with Gasteiger partial charge in [-0.1, -0.05) is 327 Å². The van der Waals surface area contributed by atoms with Gasteiger partial charge in [-0.3, -0.25) is 0 Å². The first-order chi connectivity index (χ1) is 49.5. The molecule has 0 N–H and O–H groups in total. The van der Waals surface area contributed by atoms with Gasteiger partial charge in [0, 0.05) is 44.3 Å². The first kappa shape index (κ1) is 59.1. The van der Waals surface area contributed by atoms with Crippen molar-refractivity contribution in [3.05, 3.63) is 333 Å². The maximum Gasteiger partial charge on any atom is 0.252 e. The molecule has 17 aromatic carbocycles. The third-order valence-electron chi connectivity index (χ3n) is 22.4. The van der Waals surface area contributed by atoms with Gasteiger partial charge in [0.1, 0.15) is 0 Å². The number of hydrogen-bond donors (Lipinski definition) is 0. The molecule has 2 nitrogen and oxygen atoms in total. The number of nitrogens with zero attached hydrogens (tertiary/aromatic N) is 2. The van der Waals surface area contributed by atoms with Crippen LogP contribution in [0.2, 0.25) is 0 Å². The Balaban J connectivity index is 1.07. The lowest BCUT2D eigenvalue weighted by molar-refractivity contribution is 0.590. The topological polar surface area (TPSA) is 8.17 Å². The highest BCUT2D eigenvalue weighted by Gasteiger charge is 2.45. The van der Waals surface area contributed by atoms with Crippen molar-refractivity contribution < 1.29 is 0 Å². The second kappa shape index (κ2) is 22.2. The molecule has 0 saturated heterocycles. The van der Waals surface area contributed by atoms with Gasteiger partial charge in [0.05, 0.1) is 11.0 Å². The van der Waals surface area contributed by atoms with Gasteiger partial charge in [0.15, 0.2) is 0 Å². The minimum atomic E-state index is -0.198.